The quantitative estimate of drug-likeness (QED) is 0.128. The van der Waals surface area contributed by atoms with Crippen molar-refractivity contribution in [3.05, 3.63) is 273 Å². The van der Waals surface area contributed by atoms with E-state index in [0.717, 1.165) is 73.4 Å². The summed E-state index contributed by atoms with van der Waals surface area (Å²) in [6, 6.07) is 97.7. The first-order valence-corrected chi connectivity index (χ1v) is 23.2. The first-order chi connectivity index (χ1) is 33.2. The van der Waals surface area contributed by atoms with Crippen molar-refractivity contribution in [2.75, 3.05) is 14.7 Å². The maximum Gasteiger partial charge on any atom is 0.0540 e. The number of fused-ring (bicyclic) bond motifs is 2. The highest BCUT2D eigenvalue weighted by Gasteiger charge is 2.18. The predicted octanol–water partition coefficient (Wildman–Crippen LogP) is 18.8. The monoisotopic (exact) mass is 861 g/mol. The molecule has 11 aromatic rings. The molecule has 0 aliphatic carbocycles. The Kier molecular flexibility index (Phi) is 12.4. The number of hydrogen-bond acceptors (Lipinski definition) is 3. The minimum absolute atomic E-state index is 1.09. The van der Waals surface area contributed by atoms with E-state index in [4.69, 9.17) is 0 Å². The van der Waals surface area contributed by atoms with E-state index >= 15 is 0 Å². The lowest BCUT2D eigenvalue weighted by Crippen LogP contribution is -2.10. The third-order valence-electron chi connectivity index (χ3n) is 12.2. The Morgan fingerprint density at radius 1 is 0.194 bits per heavy atom. The molecule has 3 nitrogen and oxygen atoms in total. The van der Waals surface area contributed by atoms with E-state index in [-0.39, 0.29) is 0 Å². The summed E-state index contributed by atoms with van der Waals surface area (Å²) in [6.07, 6.45) is 0. The maximum absolute atomic E-state index is 2.35. The van der Waals surface area contributed by atoms with Crippen LogP contribution in [0, 0.1) is 0 Å². The lowest BCUT2D eigenvalue weighted by atomic mass is 10.0. The molecule has 0 saturated carbocycles. The van der Waals surface area contributed by atoms with Crippen molar-refractivity contribution < 1.29 is 0 Å². The van der Waals surface area contributed by atoms with Crippen LogP contribution in [0.15, 0.2) is 273 Å². The van der Waals surface area contributed by atoms with Crippen molar-refractivity contribution in [1.29, 1.82) is 0 Å². The van der Waals surface area contributed by atoms with Crippen LogP contribution < -0.4 is 14.7 Å². The number of para-hydroxylation sites is 3. The van der Waals surface area contributed by atoms with Crippen molar-refractivity contribution in [2.45, 2.75) is 13.8 Å². The fraction of sp³-hybridized carbons (Fsp3) is 0.0312. The van der Waals surface area contributed by atoms with Gasteiger partial charge in [-0.25, -0.2) is 0 Å². The zero-order valence-electron chi connectivity index (χ0n) is 37.8. The molecular formula is C64H51N3. The van der Waals surface area contributed by atoms with Gasteiger partial charge in [0, 0.05) is 50.6 Å². The molecule has 0 fully saturated rings. The number of hydrogen-bond donors (Lipinski definition) is 0. The van der Waals surface area contributed by atoms with Gasteiger partial charge in [0.05, 0.1) is 11.4 Å². The lowest BCUT2D eigenvalue weighted by Gasteiger charge is -2.27. The van der Waals surface area contributed by atoms with E-state index in [0.29, 0.717) is 0 Å². The Morgan fingerprint density at radius 3 is 0.761 bits per heavy atom. The Balaban J connectivity index is 0.00000259. The molecule has 11 aromatic carbocycles. The summed E-state index contributed by atoms with van der Waals surface area (Å²) in [4.78, 5) is 7.02. The fourth-order valence-electron chi connectivity index (χ4n) is 9.05. The van der Waals surface area contributed by atoms with Gasteiger partial charge < -0.3 is 14.7 Å². The van der Waals surface area contributed by atoms with Gasteiger partial charge in [-0.2, -0.15) is 0 Å². The molecule has 0 aliphatic rings. The van der Waals surface area contributed by atoms with E-state index < -0.39 is 0 Å². The van der Waals surface area contributed by atoms with Crippen molar-refractivity contribution in [3.8, 4) is 22.3 Å². The molecule has 0 saturated heterocycles. The molecule has 0 heterocycles. The fourth-order valence-corrected chi connectivity index (χ4v) is 9.05. The third-order valence-corrected chi connectivity index (χ3v) is 12.2. The first kappa shape index (κ1) is 42.3. The molecule has 0 atom stereocenters. The number of nitrogens with zero attached hydrogens (tertiary/aromatic N) is 3. The standard InChI is InChI=1S/C62H45N3.C2H6/c1-4-20-52(21-5-1)63(55-38-30-46(31-39-55)48-34-42-57(43-35-48)64(53-22-6-2-7-23-53)61-28-14-18-50-16-10-12-26-59(50)61)56-40-32-47(33-41-56)49-36-44-58(45-37-49)65(54-24-8-3-9-25-54)62-29-15-19-51-17-11-13-27-60(51)62;1-2/h1-45H;1-2H3. The van der Waals surface area contributed by atoms with Gasteiger partial charge in [0.25, 0.3) is 0 Å². The maximum atomic E-state index is 2.35. The van der Waals surface area contributed by atoms with Gasteiger partial charge in [-0.1, -0.05) is 190 Å². The number of benzene rings is 11. The molecule has 0 spiro atoms. The highest BCUT2D eigenvalue weighted by atomic mass is 15.2. The van der Waals surface area contributed by atoms with Gasteiger partial charge in [-0.15, -0.1) is 0 Å². The SMILES string of the molecule is CC.c1ccc(N(c2ccc(-c3ccc(N(c4ccccc4)c4cccc5ccccc45)cc3)cc2)c2ccc(-c3ccc(N(c4ccccc4)c4cccc5ccccc45)cc3)cc2)cc1. The van der Waals surface area contributed by atoms with E-state index in [2.05, 4.69) is 288 Å². The summed E-state index contributed by atoms with van der Waals surface area (Å²) in [6.45, 7) is 4.00. The summed E-state index contributed by atoms with van der Waals surface area (Å²) in [7, 11) is 0. The summed E-state index contributed by atoms with van der Waals surface area (Å²) in [5, 5.41) is 4.87. The molecular weight excluding hydrogens is 811 g/mol. The molecule has 67 heavy (non-hydrogen) atoms. The van der Waals surface area contributed by atoms with Crippen LogP contribution in [0.25, 0.3) is 43.8 Å². The summed E-state index contributed by atoms with van der Waals surface area (Å²) >= 11 is 0. The van der Waals surface area contributed by atoms with Crippen LogP contribution in [0.1, 0.15) is 13.8 Å². The second kappa shape index (κ2) is 19.6. The molecule has 0 aromatic heterocycles. The van der Waals surface area contributed by atoms with Crippen molar-refractivity contribution in [3.63, 3.8) is 0 Å². The summed E-state index contributed by atoms with van der Waals surface area (Å²) < 4.78 is 0. The van der Waals surface area contributed by atoms with E-state index in [1.54, 1.807) is 0 Å². The average Bonchev–Trinajstić information content (AvgIpc) is 3.41. The molecule has 11 rings (SSSR count). The van der Waals surface area contributed by atoms with E-state index in [9.17, 15) is 0 Å². The smallest absolute Gasteiger partial charge is 0.0540 e. The van der Waals surface area contributed by atoms with Crippen LogP contribution in [-0.4, -0.2) is 0 Å². The zero-order valence-corrected chi connectivity index (χ0v) is 37.8. The molecule has 322 valence electrons. The first-order valence-electron chi connectivity index (χ1n) is 23.2. The van der Waals surface area contributed by atoms with Gasteiger partial charge in [0.2, 0.25) is 0 Å². The topological polar surface area (TPSA) is 9.72 Å². The second-order valence-corrected chi connectivity index (χ2v) is 16.2. The lowest BCUT2D eigenvalue weighted by molar-refractivity contribution is 1.28. The molecule has 0 amide bonds. The molecule has 0 aliphatic heterocycles. The van der Waals surface area contributed by atoms with E-state index in [1.165, 1.54) is 21.5 Å². The van der Waals surface area contributed by atoms with Crippen molar-refractivity contribution in [1.82, 2.24) is 0 Å². The molecule has 0 unspecified atom stereocenters. The molecule has 3 heteroatoms. The van der Waals surface area contributed by atoms with Gasteiger partial charge >= 0.3 is 0 Å². The van der Waals surface area contributed by atoms with Crippen molar-refractivity contribution in [2.24, 2.45) is 0 Å². The predicted molar refractivity (Wildman–Crippen MR) is 288 cm³/mol. The largest absolute Gasteiger partial charge is 0.311 e. The number of rotatable bonds is 11. The number of anilines is 9. The highest BCUT2D eigenvalue weighted by molar-refractivity contribution is 6.00. The Labute approximate surface area is 394 Å². The Hall–Kier alpha value is -8.66. The molecule has 0 bridgehead atoms. The minimum atomic E-state index is 1.09. The van der Waals surface area contributed by atoms with Crippen LogP contribution in [0.3, 0.4) is 0 Å². The minimum Gasteiger partial charge on any atom is -0.311 e. The van der Waals surface area contributed by atoms with Crippen LogP contribution in [0.5, 0.6) is 0 Å². The van der Waals surface area contributed by atoms with Crippen LogP contribution in [0.2, 0.25) is 0 Å². The molecule has 0 N–H and O–H groups in total. The van der Waals surface area contributed by atoms with Crippen LogP contribution >= 0.6 is 0 Å². The van der Waals surface area contributed by atoms with Gasteiger partial charge in [0.15, 0.2) is 0 Å². The highest BCUT2D eigenvalue weighted by Crippen LogP contribution is 2.42. The van der Waals surface area contributed by atoms with Crippen LogP contribution in [0.4, 0.5) is 51.2 Å². The second-order valence-electron chi connectivity index (χ2n) is 16.2. The van der Waals surface area contributed by atoms with Gasteiger partial charge in [-0.3, -0.25) is 0 Å². The Bertz CT molecular complexity index is 3110. The average molecular weight is 862 g/mol. The van der Waals surface area contributed by atoms with Crippen molar-refractivity contribution >= 4 is 72.7 Å². The molecule has 0 radical (unpaired) electrons. The summed E-state index contributed by atoms with van der Waals surface area (Å²) in [5.41, 5.74) is 14.7. The van der Waals surface area contributed by atoms with E-state index in [1.807, 2.05) is 13.8 Å². The third kappa shape index (κ3) is 8.79. The van der Waals surface area contributed by atoms with Gasteiger partial charge in [-0.05, 0) is 130 Å². The van der Waals surface area contributed by atoms with Gasteiger partial charge in [0.1, 0.15) is 0 Å². The normalized spacial score (nSPS) is 10.8. The van der Waals surface area contributed by atoms with Crippen LogP contribution in [-0.2, 0) is 0 Å². The summed E-state index contributed by atoms with van der Waals surface area (Å²) in [5.74, 6) is 0. The Morgan fingerprint density at radius 2 is 0.433 bits per heavy atom. The zero-order chi connectivity index (χ0) is 45.4.